The molecule has 0 unspecified atom stereocenters. The second kappa shape index (κ2) is 3.36. The van der Waals surface area contributed by atoms with E-state index in [9.17, 15) is 4.79 Å². The molecule has 4 heteroatoms. The number of carbonyl (C=O) groups excluding carboxylic acids is 1. The van der Waals surface area contributed by atoms with Crippen molar-refractivity contribution >= 4 is 5.78 Å². The molecule has 1 aromatic carbocycles. The van der Waals surface area contributed by atoms with Crippen LogP contribution in [0.15, 0.2) is 41.2 Å². The second-order valence-corrected chi connectivity index (χ2v) is 3.02. The average molecular weight is 185 g/mol. The van der Waals surface area contributed by atoms with Gasteiger partial charge in [-0.15, -0.1) is 0 Å². The van der Waals surface area contributed by atoms with Crippen LogP contribution >= 0.6 is 0 Å². The largest absolute Gasteiger partial charge is 0.289 e. The molecule has 0 saturated carbocycles. The first kappa shape index (κ1) is 8.53. The van der Waals surface area contributed by atoms with Gasteiger partial charge < -0.3 is 0 Å². The van der Waals surface area contributed by atoms with E-state index < -0.39 is 0 Å². The van der Waals surface area contributed by atoms with Gasteiger partial charge in [0.15, 0.2) is 5.78 Å². The van der Waals surface area contributed by atoms with Gasteiger partial charge >= 0.3 is 0 Å². The topological polar surface area (TPSA) is 65.8 Å². The minimum absolute atomic E-state index is 0.0343. The van der Waals surface area contributed by atoms with Gasteiger partial charge in [-0.05, 0) is 11.1 Å². The van der Waals surface area contributed by atoms with Crippen molar-refractivity contribution in [2.75, 3.05) is 0 Å². The molecule has 0 aliphatic heterocycles. The quantitative estimate of drug-likeness (QED) is 0.287. The van der Waals surface area contributed by atoms with E-state index in [0.717, 1.165) is 5.56 Å². The SMILES string of the molecule is [N-]=[N+]=N/C=C1/Cc2ccccc2C1=O. The van der Waals surface area contributed by atoms with Crippen LogP contribution in [0.25, 0.3) is 10.4 Å². The van der Waals surface area contributed by atoms with Gasteiger partial charge in [-0.1, -0.05) is 29.4 Å². The Hall–Kier alpha value is -2.06. The minimum Gasteiger partial charge on any atom is -0.289 e. The highest BCUT2D eigenvalue weighted by Crippen LogP contribution is 2.25. The predicted molar refractivity (Wildman–Crippen MR) is 51.7 cm³/mol. The molecule has 0 amide bonds. The van der Waals surface area contributed by atoms with E-state index in [4.69, 9.17) is 5.53 Å². The van der Waals surface area contributed by atoms with E-state index >= 15 is 0 Å². The summed E-state index contributed by atoms with van der Waals surface area (Å²) in [7, 11) is 0. The monoisotopic (exact) mass is 185 g/mol. The molecule has 1 aliphatic rings. The highest BCUT2D eigenvalue weighted by atomic mass is 16.1. The smallest absolute Gasteiger partial charge is 0.189 e. The molecule has 2 rings (SSSR count). The van der Waals surface area contributed by atoms with Crippen molar-refractivity contribution in [3.63, 3.8) is 0 Å². The Morgan fingerprint density at radius 3 is 2.93 bits per heavy atom. The third-order valence-corrected chi connectivity index (χ3v) is 2.20. The van der Waals surface area contributed by atoms with Gasteiger partial charge in [-0.3, -0.25) is 4.79 Å². The van der Waals surface area contributed by atoms with Crippen LogP contribution in [-0.2, 0) is 6.42 Å². The fourth-order valence-corrected chi connectivity index (χ4v) is 1.55. The first-order chi connectivity index (χ1) is 6.83. The lowest BCUT2D eigenvalue weighted by Gasteiger charge is -1.91. The third kappa shape index (κ3) is 1.28. The minimum atomic E-state index is -0.0343. The second-order valence-electron chi connectivity index (χ2n) is 3.02. The fourth-order valence-electron chi connectivity index (χ4n) is 1.55. The molecule has 0 radical (unpaired) electrons. The Balaban J connectivity index is 2.44. The molecule has 0 spiro atoms. The lowest BCUT2D eigenvalue weighted by molar-refractivity contribution is 0.103. The summed E-state index contributed by atoms with van der Waals surface area (Å²) in [5.41, 5.74) is 10.4. The highest BCUT2D eigenvalue weighted by molar-refractivity contribution is 6.13. The van der Waals surface area contributed by atoms with Crippen LogP contribution in [0.2, 0.25) is 0 Å². The summed E-state index contributed by atoms with van der Waals surface area (Å²) in [5, 5.41) is 3.28. The molecule has 14 heavy (non-hydrogen) atoms. The summed E-state index contributed by atoms with van der Waals surface area (Å²) < 4.78 is 0. The van der Waals surface area contributed by atoms with Gasteiger partial charge in [-0.2, -0.15) is 0 Å². The van der Waals surface area contributed by atoms with E-state index in [1.165, 1.54) is 6.20 Å². The van der Waals surface area contributed by atoms with Gasteiger partial charge in [0.05, 0.1) is 0 Å². The molecule has 1 aliphatic carbocycles. The van der Waals surface area contributed by atoms with Crippen molar-refractivity contribution in [3.8, 4) is 0 Å². The Morgan fingerprint density at radius 2 is 2.21 bits per heavy atom. The van der Waals surface area contributed by atoms with Gasteiger partial charge in [0.1, 0.15) is 0 Å². The molecule has 4 nitrogen and oxygen atoms in total. The number of allylic oxidation sites excluding steroid dienone is 1. The lowest BCUT2D eigenvalue weighted by atomic mass is 10.1. The average Bonchev–Trinajstić information content (AvgIpc) is 2.54. The van der Waals surface area contributed by atoms with Crippen LogP contribution in [0.3, 0.4) is 0 Å². The maximum Gasteiger partial charge on any atom is 0.189 e. The van der Waals surface area contributed by atoms with Gasteiger partial charge in [0.2, 0.25) is 0 Å². The van der Waals surface area contributed by atoms with Crippen LogP contribution in [0.1, 0.15) is 15.9 Å². The normalized spacial score (nSPS) is 16.6. The Kier molecular flexibility index (Phi) is 2.05. The van der Waals surface area contributed by atoms with Crippen molar-refractivity contribution in [2.45, 2.75) is 6.42 Å². The van der Waals surface area contributed by atoms with Gasteiger partial charge in [-0.25, -0.2) is 0 Å². The van der Waals surface area contributed by atoms with Crippen molar-refractivity contribution in [1.82, 2.24) is 0 Å². The number of fused-ring (bicyclic) bond motifs is 1. The molecule has 0 bridgehead atoms. The van der Waals surface area contributed by atoms with Crippen LogP contribution in [0.4, 0.5) is 0 Å². The number of hydrogen-bond donors (Lipinski definition) is 0. The summed E-state index contributed by atoms with van der Waals surface area (Å²) in [4.78, 5) is 14.2. The molecule has 1 aromatic rings. The number of ketones is 1. The summed E-state index contributed by atoms with van der Waals surface area (Å²) in [6, 6.07) is 7.41. The van der Waals surface area contributed by atoms with Crippen LogP contribution in [0, 0.1) is 0 Å². The van der Waals surface area contributed by atoms with Crippen molar-refractivity contribution in [3.05, 3.63) is 57.6 Å². The standard InChI is InChI=1S/C10H7N3O/c11-13-12-6-8-5-7-3-1-2-4-9(7)10(8)14/h1-4,6H,5H2/b8-6-. The maximum absolute atomic E-state index is 11.7. The van der Waals surface area contributed by atoms with Gasteiger partial charge in [0, 0.05) is 28.7 Å². The summed E-state index contributed by atoms with van der Waals surface area (Å²) >= 11 is 0. The van der Waals surface area contributed by atoms with Crippen LogP contribution in [0.5, 0.6) is 0 Å². The molecule has 0 N–H and O–H groups in total. The van der Waals surface area contributed by atoms with Crippen molar-refractivity contribution in [2.24, 2.45) is 5.11 Å². The zero-order chi connectivity index (χ0) is 9.97. The maximum atomic E-state index is 11.7. The number of Topliss-reactive ketones (excluding diaryl/α,β-unsaturated/α-hetero) is 1. The number of nitrogens with zero attached hydrogens (tertiary/aromatic N) is 3. The first-order valence-electron chi connectivity index (χ1n) is 4.19. The summed E-state index contributed by atoms with van der Waals surface area (Å²) in [6.07, 6.45) is 1.86. The molecule has 0 heterocycles. The zero-order valence-corrected chi connectivity index (χ0v) is 7.34. The summed E-state index contributed by atoms with van der Waals surface area (Å²) in [5.74, 6) is -0.0343. The third-order valence-electron chi connectivity index (χ3n) is 2.20. The Labute approximate surface area is 80.5 Å². The molecular weight excluding hydrogens is 178 g/mol. The van der Waals surface area contributed by atoms with E-state index in [0.29, 0.717) is 17.6 Å². The molecule has 0 fully saturated rings. The summed E-state index contributed by atoms with van der Waals surface area (Å²) in [6.45, 7) is 0. The van der Waals surface area contributed by atoms with Gasteiger partial charge in [0.25, 0.3) is 0 Å². The lowest BCUT2D eigenvalue weighted by Crippen LogP contribution is -1.93. The van der Waals surface area contributed by atoms with Crippen molar-refractivity contribution in [1.29, 1.82) is 0 Å². The molecule has 68 valence electrons. The number of rotatable bonds is 1. The number of azide groups is 1. The Morgan fingerprint density at radius 1 is 1.43 bits per heavy atom. The first-order valence-corrected chi connectivity index (χ1v) is 4.19. The zero-order valence-electron chi connectivity index (χ0n) is 7.34. The molecule has 0 atom stereocenters. The number of carbonyl (C=O) groups is 1. The van der Waals surface area contributed by atoms with E-state index in [1.807, 2.05) is 18.2 Å². The predicted octanol–water partition coefficient (Wildman–Crippen LogP) is 2.62. The highest BCUT2D eigenvalue weighted by Gasteiger charge is 2.23. The number of hydrogen-bond acceptors (Lipinski definition) is 2. The molecular formula is C10H7N3O. The molecule has 0 aromatic heterocycles. The van der Waals surface area contributed by atoms with E-state index in [-0.39, 0.29) is 5.78 Å². The number of benzene rings is 1. The van der Waals surface area contributed by atoms with E-state index in [2.05, 4.69) is 10.0 Å². The molecule has 0 saturated heterocycles. The van der Waals surface area contributed by atoms with Crippen molar-refractivity contribution < 1.29 is 4.79 Å². The fraction of sp³-hybridized carbons (Fsp3) is 0.100. The van der Waals surface area contributed by atoms with Crippen LogP contribution < -0.4 is 0 Å². The Bertz CT molecular complexity index is 470. The van der Waals surface area contributed by atoms with Crippen LogP contribution in [-0.4, -0.2) is 5.78 Å². The van der Waals surface area contributed by atoms with E-state index in [1.54, 1.807) is 6.07 Å².